The molecule has 0 bridgehead atoms. The molecule has 0 spiro atoms. The number of nitrogens with zero attached hydrogens (tertiary/aromatic N) is 3. The molecule has 1 aliphatic rings. The van der Waals surface area contributed by atoms with Crippen LogP contribution in [0.1, 0.15) is 22.8 Å². The molecule has 0 unspecified atom stereocenters. The van der Waals surface area contributed by atoms with Crippen molar-refractivity contribution in [3.63, 3.8) is 0 Å². The van der Waals surface area contributed by atoms with Gasteiger partial charge in [0.1, 0.15) is 17.2 Å². The van der Waals surface area contributed by atoms with E-state index in [1.807, 2.05) is 26.0 Å². The third-order valence-corrected chi connectivity index (χ3v) is 3.16. The third-order valence-electron chi connectivity index (χ3n) is 3.16. The van der Waals surface area contributed by atoms with Crippen LogP contribution in [0.2, 0.25) is 0 Å². The Bertz CT molecular complexity index is 755. The van der Waals surface area contributed by atoms with E-state index in [2.05, 4.69) is 27.3 Å². The van der Waals surface area contributed by atoms with E-state index in [4.69, 9.17) is 0 Å². The second-order valence-electron chi connectivity index (χ2n) is 4.93. The van der Waals surface area contributed by atoms with Gasteiger partial charge in [-0.1, -0.05) is 12.6 Å². The van der Waals surface area contributed by atoms with Gasteiger partial charge in [-0.05, 0) is 31.6 Å². The lowest BCUT2D eigenvalue weighted by Crippen LogP contribution is -2.17. The van der Waals surface area contributed by atoms with Crippen molar-refractivity contribution in [1.29, 1.82) is 0 Å². The average Bonchev–Trinajstić information content (AvgIpc) is 2.85. The molecule has 0 fully saturated rings. The number of rotatable bonds is 2. The lowest BCUT2D eigenvalue weighted by molar-refractivity contribution is 0.102. The molecule has 2 aromatic heterocycles. The van der Waals surface area contributed by atoms with E-state index in [9.17, 15) is 4.79 Å². The van der Waals surface area contributed by atoms with E-state index < -0.39 is 0 Å². The number of hydrogen-bond acceptors (Lipinski definition) is 4. The lowest BCUT2D eigenvalue weighted by Gasteiger charge is -2.17. The van der Waals surface area contributed by atoms with Gasteiger partial charge in [0.25, 0.3) is 5.91 Å². The Hall–Kier alpha value is -2.89. The molecule has 21 heavy (non-hydrogen) atoms. The molecule has 3 heterocycles. The molecule has 6 heteroatoms. The van der Waals surface area contributed by atoms with Crippen molar-refractivity contribution in [2.75, 3.05) is 10.6 Å². The van der Waals surface area contributed by atoms with Crippen LogP contribution in [0.25, 0.3) is 5.70 Å². The number of anilines is 2. The number of carbonyl (C=O) groups is 1. The fourth-order valence-corrected chi connectivity index (χ4v) is 2.13. The van der Waals surface area contributed by atoms with Crippen molar-refractivity contribution in [2.45, 2.75) is 13.8 Å². The van der Waals surface area contributed by atoms with Crippen LogP contribution in [0, 0.1) is 6.92 Å². The highest BCUT2D eigenvalue weighted by atomic mass is 16.1. The van der Waals surface area contributed by atoms with Crippen molar-refractivity contribution in [1.82, 2.24) is 14.8 Å². The zero-order chi connectivity index (χ0) is 15.0. The van der Waals surface area contributed by atoms with Crippen molar-refractivity contribution in [3.05, 3.63) is 54.0 Å². The van der Waals surface area contributed by atoms with Crippen LogP contribution >= 0.6 is 0 Å². The third kappa shape index (κ3) is 2.43. The molecule has 3 rings (SSSR count). The quantitative estimate of drug-likeness (QED) is 0.887. The number of carbonyl (C=O) groups excluding carboxylic acids is 1. The van der Waals surface area contributed by atoms with Gasteiger partial charge < -0.3 is 10.6 Å². The van der Waals surface area contributed by atoms with E-state index in [-0.39, 0.29) is 5.91 Å². The van der Waals surface area contributed by atoms with Crippen molar-refractivity contribution in [2.24, 2.45) is 0 Å². The lowest BCUT2D eigenvalue weighted by atomic mass is 10.2. The van der Waals surface area contributed by atoms with Crippen molar-refractivity contribution in [3.8, 4) is 0 Å². The molecule has 0 saturated carbocycles. The highest BCUT2D eigenvalue weighted by molar-refractivity contribution is 6.07. The van der Waals surface area contributed by atoms with Crippen LogP contribution in [0.15, 0.2) is 42.9 Å². The maximum absolute atomic E-state index is 12.4. The summed E-state index contributed by atoms with van der Waals surface area (Å²) < 4.78 is 1.67. The summed E-state index contributed by atoms with van der Waals surface area (Å²) in [6.45, 7) is 7.71. The fraction of sp³-hybridized carbons (Fsp3) is 0.133. The highest BCUT2D eigenvalue weighted by Gasteiger charge is 2.21. The number of nitrogens with one attached hydrogen (secondary N) is 2. The van der Waals surface area contributed by atoms with Crippen molar-refractivity contribution >= 4 is 23.2 Å². The van der Waals surface area contributed by atoms with E-state index in [1.165, 1.54) is 6.20 Å². The minimum absolute atomic E-state index is 0.261. The molecule has 0 atom stereocenters. The Balaban J connectivity index is 1.88. The summed E-state index contributed by atoms with van der Waals surface area (Å²) in [5, 5.41) is 10.0. The monoisotopic (exact) mass is 281 g/mol. The van der Waals surface area contributed by atoms with Crippen LogP contribution in [0.4, 0.5) is 11.6 Å². The Morgan fingerprint density at radius 2 is 2.14 bits per heavy atom. The molecule has 1 amide bonds. The zero-order valence-electron chi connectivity index (χ0n) is 11.8. The summed E-state index contributed by atoms with van der Waals surface area (Å²) in [6.07, 6.45) is 5.10. The number of hydrogen-bond donors (Lipinski definition) is 2. The maximum Gasteiger partial charge on any atom is 0.262 e. The number of aryl methyl sites for hydroxylation is 1. The second kappa shape index (κ2) is 4.90. The predicted octanol–water partition coefficient (Wildman–Crippen LogP) is 2.64. The summed E-state index contributed by atoms with van der Waals surface area (Å²) in [6, 6.07) is 3.66. The topological polar surface area (TPSA) is 71.8 Å². The first kappa shape index (κ1) is 13.1. The number of fused-ring (bicyclic) bond motifs is 1. The normalized spacial score (nSPS) is 13.2. The van der Waals surface area contributed by atoms with E-state index in [1.54, 1.807) is 16.9 Å². The van der Waals surface area contributed by atoms with Crippen LogP contribution in [0.5, 0.6) is 0 Å². The molecule has 6 nitrogen and oxygen atoms in total. The zero-order valence-corrected chi connectivity index (χ0v) is 11.8. The fourth-order valence-electron chi connectivity index (χ4n) is 2.13. The maximum atomic E-state index is 12.4. The van der Waals surface area contributed by atoms with Gasteiger partial charge in [0.15, 0.2) is 0 Å². The molecule has 106 valence electrons. The highest BCUT2D eigenvalue weighted by Crippen LogP contribution is 2.26. The van der Waals surface area contributed by atoms with Gasteiger partial charge in [-0.15, -0.1) is 0 Å². The summed E-state index contributed by atoms with van der Waals surface area (Å²) in [5.41, 5.74) is 3.12. The Labute approximate surface area is 122 Å². The minimum Gasteiger partial charge on any atom is -0.340 e. The van der Waals surface area contributed by atoms with E-state index >= 15 is 0 Å². The summed E-state index contributed by atoms with van der Waals surface area (Å²) in [7, 11) is 0. The molecule has 1 aliphatic heterocycles. The van der Waals surface area contributed by atoms with E-state index in [0.29, 0.717) is 17.2 Å². The first-order valence-electron chi connectivity index (χ1n) is 6.51. The van der Waals surface area contributed by atoms with Gasteiger partial charge in [0, 0.05) is 17.6 Å². The number of amides is 1. The van der Waals surface area contributed by atoms with Gasteiger partial charge in [-0.25, -0.2) is 9.67 Å². The summed E-state index contributed by atoms with van der Waals surface area (Å²) in [4.78, 5) is 16.5. The molecule has 0 aliphatic carbocycles. The standard InChI is InChI=1S/C15H15N5O/c1-9-4-5-13(16-7-9)19-15(21)12-8-17-20-11(3)6-10(2)18-14(12)20/h4-8,18H,2H2,1,3H3,(H,16,19,21). The first-order valence-corrected chi connectivity index (χ1v) is 6.51. The van der Waals surface area contributed by atoms with Crippen molar-refractivity contribution < 1.29 is 4.79 Å². The Kier molecular flexibility index (Phi) is 3.06. The van der Waals surface area contributed by atoms with E-state index in [0.717, 1.165) is 17.0 Å². The largest absolute Gasteiger partial charge is 0.340 e. The van der Waals surface area contributed by atoms with Gasteiger partial charge >= 0.3 is 0 Å². The van der Waals surface area contributed by atoms with Crippen LogP contribution in [0.3, 0.4) is 0 Å². The van der Waals surface area contributed by atoms with Crippen LogP contribution < -0.4 is 10.6 Å². The molecule has 0 radical (unpaired) electrons. The number of aromatic nitrogens is 3. The second-order valence-corrected chi connectivity index (χ2v) is 4.93. The Morgan fingerprint density at radius 1 is 1.33 bits per heavy atom. The molecular formula is C15H15N5O. The molecular weight excluding hydrogens is 266 g/mol. The van der Waals surface area contributed by atoms with Crippen LogP contribution in [-0.4, -0.2) is 20.7 Å². The molecule has 0 aromatic carbocycles. The predicted molar refractivity (Wildman–Crippen MR) is 81.9 cm³/mol. The molecule has 0 saturated heterocycles. The number of allylic oxidation sites excluding steroid dienone is 2. The molecule has 2 aromatic rings. The Morgan fingerprint density at radius 3 is 2.86 bits per heavy atom. The SMILES string of the molecule is C=C1C=C(C)n2ncc(C(=O)Nc3ccc(C)cn3)c2N1. The smallest absolute Gasteiger partial charge is 0.262 e. The average molecular weight is 281 g/mol. The first-order chi connectivity index (χ1) is 10.0. The van der Waals surface area contributed by atoms with Crippen LogP contribution in [-0.2, 0) is 0 Å². The van der Waals surface area contributed by atoms with Gasteiger partial charge in [0.2, 0.25) is 0 Å². The van der Waals surface area contributed by atoms with Gasteiger partial charge in [0.05, 0.1) is 6.20 Å². The van der Waals surface area contributed by atoms with Gasteiger partial charge in [-0.2, -0.15) is 5.10 Å². The number of pyridine rings is 1. The minimum atomic E-state index is -0.261. The summed E-state index contributed by atoms with van der Waals surface area (Å²) in [5.74, 6) is 0.861. The van der Waals surface area contributed by atoms with Gasteiger partial charge in [-0.3, -0.25) is 4.79 Å². The molecule has 2 N–H and O–H groups in total. The summed E-state index contributed by atoms with van der Waals surface area (Å²) >= 11 is 0.